The van der Waals surface area contributed by atoms with Gasteiger partial charge in [0.1, 0.15) is 0 Å². The highest BCUT2D eigenvalue weighted by atomic mass is 28.3. The van der Waals surface area contributed by atoms with E-state index in [4.69, 9.17) is 0 Å². The van der Waals surface area contributed by atoms with Gasteiger partial charge in [0.2, 0.25) is 0 Å². The number of aromatic nitrogens is 3. The van der Waals surface area contributed by atoms with Gasteiger partial charge in [0.15, 0.2) is 8.07 Å². The third kappa shape index (κ3) is 5.28. The molecule has 0 fully saturated rings. The molecule has 0 bridgehead atoms. The van der Waals surface area contributed by atoms with Gasteiger partial charge in [-0.25, -0.2) is 0 Å². The number of nitrogens with zero attached hydrogens (tertiary/aromatic N) is 3. The first kappa shape index (κ1) is 44.0. The van der Waals surface area contributed by atoms with E-state index in [9.17, 15) is 0 Å². The zero-order valence-electron chi connectivity index (χ0n) is 45.4. The lowest BCUT2D eigenvalue weighted by atomic mass is 9.33. The van der Waals surface area contributed by atoms with Crippen molar-refractivity contribution in [1.82, 2.24) is 13.7 Å². The van der Waals surface area contributed by atoms with Gasteiger partial charge in [0.25, 0.3) is 6.71 Å². The average molecular weight is 984 g/mol. The van der Waals surface area contributed by atoms with Gasteiger partial charge >= 0.3 is 0 Å². The highest BCUT2D eigenvalue weighted by molar-refractivity contribution is 7.24. The molecular formula is C70H62BN3Si. The van der Waals surface area contributed by atoms with E-state index in [-0.39, 0.29) is 28.4 Å². The Bertz CT molecular complexity index is 4560. The SMILES string of the molecule is CC(C)(C)c1ccc2c(c1)[Si]1(c3cc(C(C)(C)C)ccc3-2)c2ccc3c4c2-n2c5c(cc(C(C)(C)C)cc5c5cc(C(C)(C)C)cc1c52)B4c1c2c4ccccc4n(-c4ccccc4)c2cc2c4ccccc4n-3c12. The Morgan fingerprint density at radius 3 is 1.52 bits per heavy atom. The van der Waals surface area contributed by atoms with Gasteiger partial charge in [-0.3, -0.25) is 0 Å². The Balaban J connectivity index is 1.20. The summed E-state index contributed by atoms with van der Waals surface area (Å²) in [4.78, 5) is 0. The first-order valence-electron chi connectivity index (χ1n) is 27.5. The fourth-order valence-electron chi connectivity index (χ4n) is 15.0. The molecule has 5 heteroatoms. The van der Waals surface area contributed by atoms with Crippen LogP contribution in [0.1, 0.15) is 105 Å². The number of benzene rings is 9. The maximum absolute atomic E-state index is 3.18. The van der Waals surface area contributed by atoms with Gasteiger partial charge < -0.3 is 13.7 Å². The Morgan fingerprint density at radius 2 is 0.893 bits per heavy atom. The fourth-order valence-corrected chi connectivity index (χ4v) is 20.6. The van der Waals surface area contributed by atoms with Crippen molar-refractivity contribution in [3.63, 3.8) is 0 Å². The van der Waals surface area contributed by atoms with Gasteiger partial charge in [0, 0.05) is 54.9 Å². The minimum atomic E-state index is -3.18. The van der Waals surface area contributed by atoms with Crippen LogP contribution >= 0.6 is 0 Å². The molecule has 75 heavy (non-hydrogen) atoms. The topological polar surface area (TPSA) is 14.8 Å². The Morgan fingerprint density at radius 1 is 0.360 bits per heavy atom. The smallest absolute Gasteiger partial charge is 0.253 e. The second-order valence-electron chi connectivity index (χ2n) is 26.9. The number of fused-ring (bicyclic) bond motifs is 18. The quantitative estimate of drug-likeness (QED) is 0.146. The Kier molecular flexibility index (Phi) is 8.06. The summed E-state index contributed by atoms with van der Waals surface area (Å²) in [5.74, 6) is 0. The molecule has 1 spiro atoms. The van der Waals surface area contributed by atoms with Crippen LogP contribution in [0.25, 0.3) is 93.6 Å². The minimum Gasteiger partial charge on any atom is -0.310 e. The first-order chi connectivity index (χ1) is 35.8. The molecule has 0 unspecified atom stereocenters. The number of hydrogen-bond acceptors (Lipinski definition) is 0. The van der Waals surface area contributed by atoms with E-state index in [1.54, 1.807) is 15.6 Å². The minimum absolute atomic E-state index is 0.0373. The number of rotatable bonds is 1. The maximum atomic E-state index is 2.84. The molecule has 9 aromatic carbocycles. The molecule has 7 heterocycles. The van der Waals surface area contributed by atoms with Crippen LogP contribution in [0, 0.1) is 0 Å². The predicted octanol–water partition coefficient (Wildman–Crippen LogP) is 13.0. The van der Waals surface area contributed by atoms with Crippen molar-refractivity contribution in [1.29, 1.82) is 0 Å². The zero-order chi connectivity index (χ0) is 51.4. The molecule has 4 aliphatic heterocycles. The van der Waals surface area contributed by atoms with Gasteiger partial charge in [-0.2, -0.15) is 0 Å². The van der Waals surface area contributed by atoms with Crippen molar-refractivity contribution in [3.8, 4) is 28.2 Å². The second-order valence-corrected chi connectivity index (χ2v) is 30.6. The summed E-state index contributed by atoms with van der Waals surface area (Å²) in [5.41, 5.74) is 24.3. The summed E-state index contributed by atoms with van der Waals surface area (Å²) in [6.45, 7) is 28.9. The average Bonchev–Trinajstić information content (AvgIpc) is 4.11. The first-order valence-corrected chi connectivity index (χ1v) is 29.5. The molecule has 12 aromatic rings. The van der Waals surface area contributed by atoms with Crippen LogP contribution in [-0.4, -0.2) is 28.5 Å². The second kappa shape index (κ2) is 13.7. The summed E-state index contributed by atoms with van der Waals surface area (Å²) in [6.07, 6.45) is 0. The molecule has 0 saturated carbocycles. The molecule has 3 nitrogen and oxygen atoms in total. The number of hydrogen-bond donors (Lipinski definition) is 0. The van der Waals surface area contributed by atoms with Crippen LogP contribution < -0.4 is 37.1 Å². The summed E-state index contributed by atoms with van der Waals surface area (Å²) < 4.78 is 8.10. The molecule has 16 rings (SSSR count). The lowest BCUT2D eigenvalue weighted by molar-refractivity contribution is 0.590. The normalized spacial score (nSPS) is 15.0. The van der Waals surface area contributed by atoms with Crippen molar-refractivity contribution in [2.24, 2.45) is 0 Å². The fraction of sp³-hybridized carbons (Fsp3) is 0.229. The molecule has 4 aliphatic rings. The molecule has 0 amide bonds. The summed E-state index contributed by atoms with van der Waals surface area (Å²) >= 11 is 0. The van der Waals surface area contributed by atoms with Crippen molar-refractivity contribution >= 4 is 117 Å². The van der Waals surface area contributed by atoms with Crippen molar-refractivity contribution in [2.45, 2.75) is 105 Å². The molecule has 0 saturated heterocycles. The summed E-state index contributed by atoms with van der Waals surface area (Å²) in [5, 5.41) is 14.2. The van der Waals surface area contributed by atoms with E-state index in [1.807, 2.05) is 0 Å². The van der Waals surface area contributed by atoms with Crippen LogP contribution in [0.3, 0.4) is 0 Å². The standard InChI is InChI=1S/C70H62BN3Si/c1-67(2,3)39-26-28-45-46-29-27-40(68(4,5)6)36-58(46)75(57(45)35-39)56-31-30-54-61-66(56)74-63-48(49-33-42(70(10,11)12)37-59(75)64(49)74)32-41(69(7,8)9)34-51(63)71(61)62-60-47-23-17-19-25-53(47)72(43-20-14-13-15-21-43)55(60)38-50-44-22-16-18-24-52(44)73(54)65(50)62/h13-38H,1-12H3. The molecule has 0 aliphatic carbocycles. The largest absolute Gasteiger partial charge is 0.310 e. The predicted molar refractivity (Wildman–Crippen MR) is 325 cm³/mol. The molecule has 364 valence electrons. The molecular weight excluding hydrogens is 922 g/mol. The monoisotopic (exact) mass is 983 g/mol. The van der Waals surface area contributed by atoms with Crippen molar-refractivity contribution in [3.05, 3.63) is 180 Å². The third-order valence-corrected chi connectivity index (χ3v) is 23.4. The van der Waals surface area contributed by atoms with Gasteiger partial charge in [-0.05, 0) is 141 Å². The number of para-hydroxylation sites is 3. The van der Waals surface area contributed by atoms with Crippen LogP contribution in [-0.2, 0) is 21.7 Å². The van der Waals surface area contributed by atoms with Crippen LogP contribution in [0.5, 0.6) is 0 Å². The van der Waals surface area contributed by atoms with Crippen molar-refractivity contribution < 1.29 is 0 Å². The Hall–Kier alpha value is -7.34. The molecule has 0 N–H and O–H groups in total. The van der Waals surface area contributed by atoms with Gasteiger partial charge in [-0.1, -0.05) is 192 Å². The van der Waals surface area contributed by atoms with Crippen LogP contribution in [0.15, 0.2) is 158 Å². The van der Waals surface area contributed by atoms with Gasteiger partial charge in [0.05, 0.1) is 27.6 Å². The van der Waals surface area contributed by atoms with Crippen LogP contribution in [0.4, 0.5) is 0 Å². The highest BCUT2D eigenvalue weighted by Crippen LogP contribution is 2.47. The van der Waals surface area contributed by atoms with E-state index in [2.05, 4.69) is 255 Å². The summed E-state index contributed by atoms with van der Waals surface area (Å²) in [6, 6.07) is 63.3. The van der Waals surface area contributed by atoms with E-state index in [0.717, 1.165) is 0 Å². The van der Waals surface area contributed by atoms with Crippen molar-refractivity contribution in [2.75, 3.05) is 0 Å². The van der Waals surface area contributed by atoms with E-state index >= 15 is 0 Å². The lowest BCUT2D eigenvalue weighted by Gasteiger charge is -2.43. The summed E-state index contributed by atoms with van der Waals surface area (Å²) in [7, 11) is -3.18. The lowest BCUT2D eigenvalue weighted by Crippen LogP contribution is -2.77. The Labute approximate surface area is 441 Å². The highest BCUT2D eigenvalue weighted by Gasteiger charge is 2.57. The third-order valence-electron chi connectivity index (χ3n) is 18.6. The molecule has 0 radical (unpaired) electrons. The molecule has 3 aromatic heterocycles. The van der Waals surface area contributed by atoms with Gasteiger partial charge in [-0.15, -0.1) is 0 Å². The van der Waals surface area contributed by atoms with E-state index in [1.165, 1.54) is 137 Å². The maximum Gasteiger partial charge on any atom is 0.253 e. The molecule has 0 atom stereocenters. The van der Waals surface area contributed by atoms with Crippen LogP contribution in [0.2, 0.25) is 0 Å². The van der Waals surface area contributed by atoms with E-state index < -0.39 is 8.07 Å². The van der Waals surface area contributed by atoms with E-state index in [0.29, 0.717) is 0 Å². The zero-order valence-corrected chi connectivity index (χ0v) is 46.4.